The van der Waals surface area contributed by atoms with Gasteiger partial charge in [0.15, 0.2) is 0 Å². The van der Waals surface area contributed by atoms with Crippen LogP contribution in [0.2, 0.25) is 0 Å². The van der Waals surface area contributed by atoms with Crippen LogP contribution in [-0.4, -0.2) is 19.5 Å². The topological polar surface area (TPSA) is 69.9 Å². The van der Waals surface area contributed by atoms with E-state index < -0.39 is 0 Å². The first-order valence-electron chi connectivity index (χ1n) is 11.3. The molecular weight excluding hydrogens is 444 g/mol. The van der Waals surface area contributed by atoms with E-state index in [1.54, 1.807) is 22.8 Å². The molecule has 6 nitrogen and oxygen atoms in total. The number of benzene rings is 1. The third-order valence-corrected chi connectivity index (χ3v) is 6.52. The lowest BCUT2D eigenvalue weighted by molar-refractivity contribution is 0.289. The first-order chi connectivity index (χ1) is 16.0. The van der Waals surface area contributed by atoms with Crippen molar-refractivity contribution in [3.05, 3.63) is 85.5 Å². The first kappa shape index (κ1) is 23.8. The third-order valence-electron chi connectivity index (χ3n) is 5.61. The van der Waals surface area contributed by atoms with Crippen molar-refractivity contribution in [2.24, 2.45) is 0 Å². The van der Waals surface area contributed by atoms with Crippen LogP contribution in [0.4, 0.5) is 0 Å². The summed E-state index contributed by atoms with van der Waals surface area (Å²) in [5, 5.41) is 2.06. The highest BCUT2D eigenvalue weighted by atomic mass is 32.1. The molecule has 0 aliphatic rings. The maximum atomic E-state index is 13.3. The van der Waals surface area contributed by atoms with Crippen LogP contribution in [0.1, 0.15) is 54.0 Å². The van der Waals surface area contributed by atoms with Crippen molar-refractivity contribution in [3.8, 4) is 22.8 Å². The molecular formula is C27H30N4O2S. The molecule has 0 radical (unpaired) electrons. The zero-order chi connectivity index (χ0) is 24.6. The van der Waals surface area contributed by atoms with E-state index in [4.69, 9.17) is 9.72 Å². The van der Waals surface area contributed by atoms with E-state index in [0.29, 0.717) is 23.9 Å². The van der Waals surface area contributed by atoms with Crippen molar-refractivity contribution in [1.29, 1.82) is 0 Å². The molecule has 7 heteroatoms. The molecule has 0 aliphatic heterocycles. The quantitative estimate of drug-likeness (QED) is 0.362. The molecule has 34 heavy (non-hydrogen) atoms. The number of aromatic nitrogens is 4. The molecule has 0 aliphatic carbocycles. The highest BCUT2D eigenvalue weighted by Crippen LogP contribution is 2.27. The Morgan fingerprint density at radius 2 is 1.82 bits per heavy atom. The van der Waals surface area contributed by atoms with E-state index in [9.17, 15) is 4.79 Å². The Morgan fingerprint density at radius 1 is 1.06 bits per heavy atom. The lowest BCUT2D eigenvalue weighted by atomic mass is 9.95. The summed E-state index contributed by atoms with van der Waals surface area (Å²) in [4.78, 5) is 28.6. The molecule has 0 N–H and O–H groups in total. The fraction of sp³-hybridized carbons (Fsp3) is 0.333. The standard InChI is InChI=1S/C27H30N4O2S/c1-16-13-28-26(27(5,6)7)30-23(16)21-9-8-10-22(12-21)31-19(4)29-24(18(3)25(31)32)33-14-20-11-17(2)34-15-20/h8-13,15H,14H2,1-7H3. The second kappa shape index (κ2) is 9.14. The Labute approximate surface area is 204 Å². The fourth-order valence-electron chi connectivity index (χ4n) is 3.74. The van der Waals surface area contributed by atoms with Gasteiger partial charge in [0.25, 0.3) is 5.56 Å². The summed E-state index contributed by atoms with van der Waals surface area (Å²) < 4.78 is 7.53. The van der Waals surface area contributed by atoms with Gasteiger partial charge in [-0.3, -0.25) is 9.36 Å². The number of hydrogen-bond donors (Lipinski definition) is 0. The second-order valence-corrected chi connectivity index (χ2v) is 10.7. The zero-order valence-electron chi connectivity index (χ0n) is 20.8. The molecule has 0 bridgehead atoms. The van der Waals surface area contributed by atoms with Gasteiger partial charge < -0.3 is 4.74 Å². The Kier molecular flexibility index (Phi) is 6.41. The molecule has 4 aromatic rings. The minimum Gasteiger partial charge on any atom is -0.472 e. The molecule has 4 rings (SSSR count). The van der Waals surface area contributed by atoms with Crippen LogP contribution in [0, 0.1) is 27.7 Å². The van der Waals surface area contributed by atoms with Crippen LogP contribution in [0.3, 0.4) is 0 Å². The van der Waals surface area contributed by atoms with Crippen LogP contribution >= 0.6 is 11.3 Å². The Morgan fingerprint density at radius 3 is 2.50 bits per heavy atom. The van der Waals surface area contributed by atoms with Gasteiger partial charge in [0, 0.05) is 27.6 Å². The molecule has 3 aromatic heterocycles. The largest absolute Gasteiger partial charge is 0.472 e. The van der Waals surface area contributed by atoms with Crippen molar-refractivity contribution < 1.29 is 4.74 Å². The molecule has 0 saturated heterocycles. The Bertz CT molecular complexity index is 1410. The summed E-state index contributed by atoms with van der Waals surface area (Å²) in [6.07, 6.45) is 1.86. The van der Waals surface area contributed by atoms with E-state index in [-0.39, 0.29) is 11.0 Å². The molecule has 3 heterocycles. The molecule has 1 aromatic carbocycles. The number of hydrogen-bond acceptors (Lipinski definition) is 6. The van der Waals surface area contributed by atoms with Crippen LogP contribution in [0.5, 0.6) is 5.88 Å². The lowest BCUT2D eigenvalue weighted by Crippen LogP contribution is -2.25. The summed E-state index contributed by atoms with van der Waals surface area (Å²) in [5.74, 6) is 1.73. The predicted octanol–water partition coefficient (Wildman–Crippen LogP) is 5.86. The van der Waals surface area contributed by atoms with E-state index in [0.717, 1.165) is 33.9 Å². The molecule has 0 amide bonds. The van der Waals surface area contributed by atoms with E-state index >= 15 is 0 Å². The van der Waals surface area contributed by atoms with Gasteiger partial charge in [-0.15, -0.1) is 11.3 Å². The second-order valence-electron chi connectivity index (χ2n) is 9.61. The number of ether oxygens (including phenoxy) is 1. The van der Waals surface area contributed by atoms with Crippen LogP contribution < -0.4 is 10.3 Å². The van der Waals surface area contributed by atoms with Gasteiger partial charge in [-0.25, -0.2) is 9.97 Å². The number of nitrogens with zero attached hydrogens (tertiary/aromatic N) is 4. The lowest BCUT2D eigenvalue weighted by Gasteiger charge is -2.18. The van der Waals surface area contributed by atoms with Gasteiger partial charge in [-0.1, -0.05) is 32.9 Å². The number of aryl methyl sites for hydroxylation is 3. The van der Waals surface area contributed by atoms with Gasteiger partial charge in [-0.2, -0.15) is 4.98 Å². The minimum atomic E-state index is -0.161. The van der Waals surface area contributed by atoms with Crippen LogP contribution in [0.15, 0.2) is 46.7 Å². The van der Waals surface area contributed by atoms with Crippen molar-refractivity contribution in [2.45, 2.75) is 60.5 Å². The monoisotopic (exact) mass is 474 g/mol. The van der Waals surface area contributed by atoms with E-state index in [2.05, 4.69) is 49.1 Å². The normalized spacial score (nSPS) is 11.6. The van der Waals surface area contributed by atoms with Crippen LogP contribution in [0.25, 0.3) is 16.9 Å². The fourth-order valence-corrected chi connectivity index (χ4v) is 4.44. The first-order valence-corrected chi connectivity index (χ1v) is 12.1. The third kappa shape index (κ3) is 4.80. The molecule has 0 spiro atoms. The molecule has 0 atom stereocenters. The maximum Gasteiger partial charge on any atom is 0.264 e. The van der Waals surface area contributed by atoms with E-state index in [1.807, 2.05) is 44.3 Å². The highest BCUT2D eigenvalue weighted by molar-refractivity contribution is 7.10. The van der Waals surface area contributed by atoms with Crippen molar-refractivity contribution in [2.75, 3.05) is 0 Å². The average molecular weight is 475 g/mol. The van der Waals surface area contributed by atoms with Gasteiger partial charge in [0.1, 0.15) is 18.3 Å². The predicted molar refractivity (Wildman–Crippen MR) is 137 cm³/mol. The number of thiophene rings is 1. The van der Waals surface area contributed by atoms with Gasteiger partial charge in [0.2, 0.25) is 5.88 Å². The zero-order valence-corrected chi connectivity index (χ0v) is 21.6. The van der Waals surface area contributed by atoms with Crippen molar-refractivity contribution >= 4 is 11.3 Å². The Hall–Kier alpha value is -3.32. The molecule has 0 fully saturated rings. The number of rotatable bonds is 5. The minimum absolute atomic E-state index is 0.143. The smallest absolute Gasteiger partial charge is 0.264 e. The van der Waals surface area contributed by atoms with E-state index in [1.165, 1.54) is 4.88 Å². The van der Waals surface area contributed by atoms with Gasteiger partial charge >= 0.3 is 0 Å². The average Bonchev–Trinajstić information content (AvgIpc) is 3.20. The van der Waals surface area contributed by atoms with Crippen molar-refractivity contribution in [3.63, 3.8) is 0 Å². The SMILES string of the molecule is Cc1cc(COc2nc(C)n(-c3cccc(-c4nc(C(C)(C)C)ncc4C)c3)c(=O)c2C)cs1. The highest BCUT2D eigenvalue weighted by Gasteiger charge is 2.20. The summed E-state index contributed by atoms with van der Waals surface area (Å²) >= 11 is 1.68. The van der Waals surface area contributed by atoms with Crippen LogP contribution in [-0.2, 0) is 12.0 Å². The van der Waals surface area contributed by atoms with Crippen molar-refractivity contribution in [1.82, 2.24) is 19.5 Å². The molecule has 0 saturated carbocycles. The summed E-state index contributed by atoms with van der Waals surface area (Å²) in [6, 6.07) is 9.92. The summed E-state index contributed by atoms with van der Waals surface area (Å²) in [5.41, 5.74) is 4.77. The van der Waals surface area contributed by atoms with Gasteiger partial charge in [-0.05, 0) is 56.8 Å². The molecule has 0 unspecified atom stereocenters. The summed E-state index contributed by atoms with van der Waals surface area (Å²) in [6.45, 7) is 14.3. The van der Waals surface area contributed by atoms with Gasteiger partial charge in [0.05, 0.1) is 16.9 Å². The molecule has 176 valence electrons. The maximum absolute atomic E-state index is 13.3. The Balaban J connectivity index is 1.72. The summed E-state index contributed by atoms with van der Waals surface area (Å²) in [7, 11) is 0.